The van der Waals surface area contributed by atoms with Crippen LogP contribution in [-0.4, -0.2) is 36.6 Å². The van der Waals surface area contributed by atoms with Gasteiger partial charge in [0.05, 0.1) is 0 Å². The van der Waals surface area contributed by atoms with Gasteiger partial charge in [0.15, 0.2) is 0 Å². The zero-order valence-corrected chi connectivity index (χ0v) is 8.92. The number of nitrogens with zero attached hydrogens (tertiary/aromatic N) is 1. The van der Waals surface area contributed by atoms with Crippen molar-refractivity contribution < 1.29 is 0 Å². The molecule has 0 radical (unpaired) electrons. The van der Waals surface area contributed by atoms with Gasteiger partial charge in [0.2, 0.25) is 0 Å². The van der Waals surface area contributed by atoms with Crippen LogP contribution in [0.2, 0.25) is 0 Å². The highest BCUT2D eigenvalue weighted by Gasteiger charge is 2.26. The van der Waals surface area contributed by atoms with Crippen LogP contribution in [0, 0.1) is 0 Å². The van der Waals surface area contributed by atoms with Gasteiger partial charge in [0.1, 0.15) is 0 Å². The Kier molecular flexibility index (Phi) is 2.89. The molecule has 0 spiro atoms. The smallest absolute Gasteiger partial charge is 0.00966 e. The summed E-state index contributed by atoms with van der Waals surface area (Å²) in [6.07, 6.45) is 6.96. The van der Waals surface area contributed by atoms with E-state index in [2.05, 4.69) is 24.2 Å². The summed E-state index contributed by atoms with van der Waals surface area (Å²) in [7, 11) is 2.24. The molecule has 2 unspecified atom stereocenters. The maximum absolute atomic E-state index is 3.78. The monoisotopic (exact) mass is 182 g/mol. The quantitative estimate of drug-likeness (QED) is 0.698. The van der Waals surface area contributed by atoms with Crippen LogP contribution in [0.3, 0.4) is 0 Å². The lowest BCUT2D eigenvalue weighted by atomic mass is 9.90. The summed E-state index contributed by atoms with van der Waals surface area (Å²) in [5, 5.41) is 3.78. The maximum Gasteiger partial charge on any atom is 0.00966 e. The molecule has 2 heteroatoms. The van der Waals surface area contributed by atoms with Crippen LogP contribution in [0.25, 0.3) is 0 Å². The van der Waals surface area contributed by atoms with E-state index >= 15 is 0 Å². The number of nitrogens with one attached hydrogen (secondary N) is 1. The van der Waals surface area contributed by atoms with E-state index < -0.39 is 0 Å². The van der Waals surface area contributed by atoms with Crippen LogP contribution < -0.4 is 5.32 Å². The zero-order chi connectivity index (χ0) is 9.26. The summed E-state index contributed by atoms with van der Waals surface area (Å²) in [4.78, 5) is 2.47. The van der Waals surface area contributed by atoms with Crippen LogP contribution >= 0.6 is 0 Å². The molecule has 1 aliphatic heterocycles. The zero-order valence-electron chi connectivity index (χ0n) is 8.92. The van der Waals surface area contributed by atoms with Crippen molar-refractivity contribution in [2.24, 2.45) is 0 Å². The molecule has 2 nitrogen and oxygen atoms in total. The Morgan fingerprint density at radius 3 is 2.46 bits per heavy atom. The lowest BCUT2D eigenvalue weighted by molar-refractivity contribution is 0.151. The summed E-state index contributed by atoms with van der Waals surface area (Å²) in [5.41, 5.74) is 0. The first kappa shape index (κ1) is 9.47. The highest BCUT2D eigenvalue weighted by molar-refractivity contribution is 4.86. The van der Waals surface area contributed by atoms with Gasteiger partial charge in [-0.3, -0.25) is 0 Å². The molecule has 1 heterocycles. The number of rotatable bonds is 2. The van der Waals surface area contributed by atoms with Gasteiger partial charge in [0, 0.05) is 18.1 Å². The van der Waals surface area contributed by atoms with Crippen molar-refractivity contribution in [2.45, 2.75) is 57.2 Å². The largest absolute Gasteiger partial charge is 0.311 e. The molecule has 0 aromatic heterocycles. The van der Waals surface area contributed by atoms with Crippen LogP contribution in [-0.2, 0) is 0 Å². The lowest BCUT2D eigenvalue weighted by Crippen LogP contribution is -2.50. The molecule has 13 heavy (non-hydrogen) atoms. The first-order chi connectivity index (χ1) is 6.25. The summed E-state index contributed by atoms with van der Waals surface area (Å²) in [6.45, 7) is 3.61. The minimum atomic E-state index is 0.770. The topological polar surface area (TPSA) is 15.3 Å². The van der Waals surface area contributed by atoms with E-state index in [0.29, 0.717) is 0 Å². The highest BCUT2D eigenvalue weighted by Crippen LogP contribution is 2.22. The van der Waals surface area contributed by atoms with Crippen LogP contribution in [0.5, 0.6) is 0 Å². The fourth-order valence-corrected chi connectivity index (χ4v) is 2.35. The van der Waals surface area contributed by atoms with Gasteiger partial charge < -0.3 is 10.2 Å². The average molecular weight is 182 g/mol. The van der Waals surface area contributed by atoms with E-state index in [-0.39, 0.29) is 0 Å². The van der Waals surface area contributed by atoms with E-state index in [1.54, 1.807) is 0 Å². The highest BCUT2D eigenvalue weighted by atomic mass is 15.1. The summed E-state index contributed by atoms with van der Waals surface area (Å²) < 4.78 is 0. The summed E-state index contributed by atoms with van der Waals surface area (Å²) >= 11 is 0. The van der Waals surface area contributed by atoms with Gasteiger partial charge in [-0.25, -0.2) is 0 Å². The van der Waals surface area contributed by atoms with E-state index in [0.717, 1.165) is 18.1 Å². The molecule has 2 rings (SSSR count). The number of likely N-dealkylation sites (tertiary alicyclic amines) is 1. The molecular formula is C11H22N2. The second-order valence-corrected chi connectivity index (χ2v) is 4.85. The minimum absolute atomic E-state index is 0.770. The average Bonchev–Trinajstić information content (AvgIpc) is 2.04. The second kappa shape index (κ2) is 3.97. The Balaban J connectivity index is 1.74. The molecule has 2 aliphatic rings. The van der Waals surface area contributed by atoms with Crippen LogP contribution in [0.4, 0.5) is 0 Å². The van der Waals surface area contributed by atoms with Crippen molar-refractivity contribution >= 4 is 0 Å². The van der Waals surface area contributed by atoms with Crippen molar-refractivity contribution in [1.29, 1.82) is 0 Å². The van der Waals surface area contributed by atoms with E-state index in [4.69, 9.17) is 0 Å². The third-order valence-electron chi connectivity index (χ3n) is 3.78. The third-order valence-corrected chi connectivity index (χ3v) is 3.78. The molecule has 2 atom stereocenters. The predicted molar refractivity (Wildman–Crippen MR) is 55.9 cm³/mol. The van der Waals surface area contributed by atoms with E-state index in [1.165, 1.54) is 38.6 Å². The van der Waals surface area contributed by atoms with Crippen molar-refractivity contribution in [3.8, 4) is 0 Å². The fraction of sp³-hybridized carbons (Fsp3) is 1.00. The Hall–Kier alpha value is -0.0800. The molecule has 1 saturated carbocycles. The number of hydrogen-bond acceptors (Lipinski definition) is 2. The molecule has 0 bridgehead atoms. The minimum Gasteiger partial charge on any atom is -0.311 e. The van der Waals surface area contributed by atoms with Crippen molar-refractivity contribution in [3.05, 3.63) is 0 Å². The predicted octanol–water partition coefficient (Wildman–Crippen LogP) is 1.61. The Morgan fingerprint density at radius 2 is 1.92 bits per heavy atom. The first-order valence-electron chi connectivity index (χ1n) is 5.72. The molecule has 1 N–H and O–H groups in total. The second-order valence-electron chi connectivity index (χ2n) is 4.85. The standard InChI is InChI=1S/C11H22N2/c1-9-8-11(6-7-13(9)2)12-10-4-3-5-10/h9-12H,3-8H2,1-2H3. The van der Waals surface area contributed by atoms with Gasteiger partial charge in [0.25, 0.3) is 0 Å². The molecule has 2 fully saturated rings. The Morgan fingerprint density at radius 1 is 1.15 bits per heavy atom. The van der Waals surface area contributed by atoms with Crippen LogP contribution in [0.1, 0.15) is 39.0 Å². The van der Waals surface area contributed by atoms with Gasteiger partial charge in [-0.05, 0) is 46.2 Å². The molecule has 1 saturated heterocycles. The third kappa shape index (κ3) is 2.23. The van der Waals surface area contributed by atoms with E-state index in [9.17, 15) is 0 Å². The van der Waals surface area contributed by atoms with Gasteiger partial charge in [-0.1, -0.05) is 6.42 Å². The number of piperidine rings is 1. The molecular weight excluding hydrogens is 160 g/mol. The summed E-state index contributed by atoms with van der Waals surface area (Å²) in [6, 6.07) is 2.43. The molecule has 1 aliphatic carbocycles. The van der Waals surface area contributed by atoms with Crippen molar-refractivity contribution in [1.82, 2.24) is 10.2 Å². The first-order valence-corrected chi connectivity index (χ1v) is 5.72. The van der Waals surface area contributed by atoms with Crippen LogP contribution in [0.15, 0.2) is 0 Å². The van der Waals surface area contributed by atoms with Gasteiger partial charge >= 0.3 is 0 Å². The normalized spacial score (nSPS) is 37.4. The molecule has 76 valence electrons. The molecule has 0 aromatic rings. The molecule has 0 amide bonds. The Labute approximate surface area is 81.7 Å². The molecule has 0 aromatic carbocycles. The lowest BCUT2D eigenvalue weighted by Gasteiger charge is -2.39. The van der Waals surface area contributed by atoms with Crippen molar-refractivity contribution in [3.63, 3.8) is 0 Å². The Bertz CT molecular complexity index is 163. The van der Waals surface area contributed by atoms with Crippen molar-refractivity contribution in [2.75, 3.05) is 13.6 Å². The number of hydrogen-bond donors (Lipinski definition) is 1. The fourth-order valence-electron chi connectivity index (χ4n) is 2.35. The summed E-state index contributed by atoms with van der Waals surface area (Å²) in [5.74, 6) is 0. The van der Waals surface area contributed by atoms with E-state index in [1.807, 2.05) is 0 Å². The van der Waals surface area contributed by atoms with Gasteiger partial charge in [-0.15, -0.1) is 0 Å². The SMILES string of the molecule is CC1CC(NC2CCC2)CCN1C. The van der Waals surface area contributed by atoms with Gasteiger partial charge in [-0.2, -0.15) is 0 Å². The maximum atomic E-state index is 3.78.